The number of fused-ring (bicyclic) bond motifs is 1. The number of aromatic nitrogens is 1. The number of nitrogens with one attached hydrogen (secondary N) is 2. The molecule has 0 unspecified atom stereocenters. The van der Waals surface area contributed by atoms with E-state index in [1.165, 1.54) is 11.1 Å². The van der Waals surface area contributed by atoms with E-state index >= 15 is 0 Å². The molecule has 3 rings (SSSR count). The Bertz CT molecular complexity index is 805. The van der Waals surface area contributed by atoms with Crippen LogP contribution in [0.4, 0.5) is 0 Å². The van der Waals surface area contributed by atoms with Crippen LogP contribution in [0.25, 0.3) is 10.9 Å². The van der Waals surface area contributed by atoms with Crippen LogP contribution < -0.4 is 5.32 Å². The molecule has 1 heterocycles. The van der Waals surface area contributed by atoms with Crippen molar-refractivity contribution in [2.45, 2.75) is 32.7 Å². The van der Waals surface area contributed by atoms with Crippen molar-refractivity contribution in [1.29, 1.82) is 0 Å². The molecule has 0 saturated heterocycles. The molecule has 1 atom stereocenters. The molecule has 3 aromatic rings. The Morgan fingerprint density at radius 3 is 2.70 bits per heavy atom. The van der Waals surface area contributed by atoms with Crippen molar-refractivity contribution in [1.82, 2.24) is 10.3 Å². The SMILES string of the molecule is Cc1ccc2[nH]c(C(=O)N[C@@H](C)CCc3ccccc3)cc2c1. The molecular weight excluding hydrogens is 284 g/mol. The number of rotatable bonds is 5. The number of hydrogen-bond donors (Lipinski definition) is 2. The van der Waals surface area contributed by atoms with Gasteiger partial charge in [-0.15, -0.1) is 0 Å². The molecule has 2 aromatic carbocycles. The average molecular weight is 306 g/mol. The maximum atomic E-state index is 12.4. The molecule has 0 aliphatic carbocycles. The molecule has 0 fully saturated rings. The Hall–Kier alpha value is -2.55. The molecule has 2 N–H and O–H groups in total. The molecule has 3 nitrogen and oxygen atoms in total. The Balaban J connectivity index is 1.61. The zero-order valence-electron chi connectivity index (χ0n) is 13.6. The highest BCUT2D eigenvalue weighted by Crippen LogP contribution is 2.17. The molecule has 0 radical (unpaired) electrons. The van der Waals surface area contributed by atoms with Crippen molar-refractivity contribution >= 4 is 16.8 Å². The van der Waals surface area contributed by atoms with Crippen molar-refractivity contribution in [2.75, 3.05) is 0 Å². The highest BCUT2D eigenvalue weighted by atomic mass is 16.1. The molecule has 23 heavy (non-hydrogen) atoms. The predicted molar refractivity (Wildman–Crippen MR) is 94.7 cm³/mol. The molecule has 3 heteroatoms. The summed E-state index contributed by atoms with van der Waals surface area (Å²) in [6, 6.07) is 18.5. The standard InChI is InChI=1S/C20H22N2O/c1-14-8-11-18-17(12-14)13-19(22-18)20(23)21-15(2)9-10-16-6-4-3-5-7-16/h3-8,11-13,15,22H,9-10H2,1-2H3,(H,21,23)/t15-/m0/s1. The van der Waals surface area contributed by atoms with Crippen LogP contribution in [0, 0.1) is 6.92 Å². The number of H-pyrrole nitrogens is 1. The van der Waals surface area contributed by atoms with Gasteiger partial charge in [0.05, 0.1) is 0 Å². The average Bonchev–Trinajstić information content (AvgIpc) is 2.97. The number of aryl methyl sites for hydroxylation is 2. The van der Waals surface area contributed by atoms with Crippen molar-refractivity contribution in [3.8, 4) is 0 Å². The van der Waals surface area contributed by atoms with Gasteiger partial charge in [-0.1, -0.05) is 42.0 Å². The van der Waals surface area contributed by atoms with E-state index in [9.17, 15) is 4.79 Å². The summed E-state index contributed by atoms with van der Waals surface area (Å²) in [6.45, 7) is 4.10. The van der Waals surface area contributed by atoms with Gasteiger partial charge in [0.2, 0.25) is 0 Å². The first-order valence-corrected chi connectivity index (χ1v) is 8.06. The van der Waals surface area contributed by atoms with Gasteiger partial charge in [-0.2, -0.15) is 0 Å². The van der Waals surface area contributed by atoms with Gasteiger partial charge in [-0.3, -0.25) is 4.79 Å². The summed E-state index contributed by atoms with van der Waals surface area (Å²) < 4.78 is 0. The monoisotopic (exact) mass is 306 g/mol. The van der Waals surface area contributed by atoms with Crippen molar-refractivity contribution in [2.24, 2.45) is 0 Å². The van der Waals surface area contributed by atoms with Crippen molar-refractivity contribution < 1.29 is 4.79 Å². The second-order valence-electron chi connectivity index (χ2n) is 6.17. The Kier molecular flexibility index (Phi) is 4.47. The Labute approximate surface area is 136 Å². The predicted octanol–water partition coefficient (Wildman–Crippen LogP) is 4.23. The molecule has 1 aromatic heterocycles. The van der Waals surface area contributed by atoms with Gasteiger partial charge in [-0.25, -0.2) is 0 Å². The molecular formula is C20H22N2O. The van der Waals surface area contributed by atoms with E-state index in [0.29, 0.717) is 5.69 Å². The number of amides is 1. The van der Waals surface area contributed by atoms with Crippen LogP contribution >= 0.6 is 0 Å². The maximum Gasteiger partial charge on any atom is 0.267 e. The third-order valence-electron chi connectivity index (χ3n) is 4.11. The van der Waals surface area contributed by atoms with Gasteiger partial charge in [0, 0.05) is 16.9 Å². The number of aromatic amines is 1. The van der Waals surface area contributed by atoms with E-state index < -0.39 is 0 Å². The summed E-state index contributed by atoms with van der Waals surface area (Å²) in [4.78, 5) is 15.6. The zero-order valence-corrected chi connectivity index (χ0v) is 13.6. The van der Waals surface area contributed by atoms with E-state index in [-0.39, 0.29) is 11.9 Å². The van der Waals surface area contributed by atoms with Crippen molar-refractivity contribution in [3.05, 3.63) is 71.4 Å². The Morgan fingerprint density at radius 1 is 1.13 bits per heavy atom. The Morgan fingerprint density at radius 2 is 1.91 bits per heavy atom. The van der Waals surface area contributed by atoms with Crippen LogP contribution in [0.2, 0.25) is 0 Å². The lowest BCUT2D eigenvalue weighted by atomic mass is 10.1. The van der Waals surface area contributed by atoms with E-state index in [1.54, 1.807) is 0 Å². The van der Waals surface area contributed by atoms with Crippen LogP contribution in [-0.2, 0) is 6.42 Å². The lowest BCUT2D eigenvalue weighted by Crippen LogP contribution is -2.33. The largest absolute Gasteiger partial charge is 0.351 e. The van der Waals surface area contributed by atoms with Gasteiger partial charge in [0.1, 0.15) is 5.69 Å². The first-order chi connectivity index (χ1) is 11.1. The van der Waals surface area contributed by atoms with E-state index in [4.69, 9.17) is 0 Å². The summed E-state index contributed by atoms with van der Waals surface area (Å²) in [7, 11) is 0. The van der Waals surface area contributed by atoms with Crippen LogP contribution in [-0.4, -0.2) is 16.9 Å². The maximum absolute atomic E-state index is 12.4. The summed E-state index contributed by atoms with van der Waals surface area (Å²) in [5.41, 5.74) is 4.12. The summed E-state index contributed by atoms with van der Waals surface area (Å²) in [5, 5.41) is 4.15. The minimum absolute atomic E-state index is 0.0422. The van der Waals surface area contributed by atoms with Gasteiger partial charge in [0.25, 0.3) is 5.91 Å². The first kappa shape index (κ1) is 15.3. The molecule has 0 saturated carbocycles. The molecule has 0 bridgehead atoms. The summed E-state index contributed by atoms with van der Waals surface area (Å²) >= 11 is 0. The number of benzene rings is 2. The lowest BCUT2D eigenvalue weighted by Gasteiger charge is -2.13. The second kappa shape index (κ2) is 6.69. The normalized spacial score (nSPS) is 12.3. The molecule has 0 aliphatic heterocycles. The van der Waals surface area contributed by atoms with Gasteiger partial charge in [0.15, 0.2) is 0 Å². The van der Waals surface area contributed by atoms with Gasteiger partial charge in [-0.05, 0) is 50.5 Å². The zero-order chi connectivity index (χ0) is 16.2. The van der Waals surface area contributed by atoms with Crippen LogP contribution in [0.5, 0.6) is 0 Å². The van der Waals surface area contributed by atoms with Crippen LogP contribution in [0.3, 0.4) is 0 Å². The van der Waals surface area contributed by atoms with E-state index in [2.05, 4.69) is 35.4 Å². The van der Waals surface area contributed by atoms with Crippen LogP contribution in [0.1, 0.15) is 35.0 Å². The number of hydrogen-bond acceptors (Lipinski definition) is 1. The fourth-order valence-corrected chi connectivity index (χ4v) is 2.78. The minimum atomic E-state index is -0.0422. The third kappa shape index (κ3) is 3.81. The van der Waals surface area contributed by atoms with Gasteiger partial charge < -0.3 is 10.3 Å². The lowest BCUT2D eigenvalue weighted by molar-refractivity contribution is 0.0934. The molecule has 0 spiro atoms. The van der Waals surface area contributed by atoms with Gasteiger partial charge >= 0.3 is 0 Å². The number of carbonyl (C=O) groups excluding carboxylic acids is 1. The molecule has 1 amide bonds. The quantitative estimate of drug-likeness (QED) is 0.728. The third-order valence-corrected chi connectivity index (χ3v) is 4.11. The summed E-state index contributed by atoms with van der Waals surface area (Å²) in [5.74, 6) is -0.0422. The van der Waals surface area contributed by atoms with E-state index in [0.717, 1.165) is 23.7 Å². The summed E-state index contributed by atoms with van der Waals surface area (Å²) in [6.07, 6.45) is 1.89. The molecule has 118 valence electrons. The van der Waals surface area contributed by atoms with E-state index in [1.807, 2.05) is 43.3 Å². The fourth-order valence-electron chi connectivity index (χ4n) is 2.78. The topological polar surface area (TPSA) is 44.9 Å². The first-order valence-electron chi connectivity index (χ1n) is 8.06. The van der Waals surface area contributed by atoms with Crippen molar-refractivity contribution in [3.63, 3.8) is 0 Å². The van der Waals surface area contributed by atoms with Crippen LogP contribution in [0.15, 0.2) is 54.6 Å². The second-order valence-corrected chi connectivity index (χ2v) is 6.17. The number of carbonyl (C=O) groups is 1. The minimum Gasteiger partial charge on any atom is -0.351 e. The highest BCUT2D eigenvalue weighted by molar-refractivity contribution is 5.98. The smallest absolute Gasteiger partial charge is 0.267 e. The fraction of sp³-hybridized carbons (Fsp3) is 0.250. The highest BCUT2D eigenvalue weighted by Gasteiger charge is 2.12. The molecule has 0 aliphatic rings.